The van der Waals surface area contributed by atoms with Gasteiger partial charge in [-0.3, -0.25) is 15.1 Å². The number of ether oxygens (including phenoxy) is 3. The number of nitrogens with zero attached hydrogens (tertiary/aromatic N) is 2. The van der Waals surface area contributed by atoms with E-state index in [0.29, 0.717) is 28.5 Å². The van der Waals surface area contributed by atoms with Gasteiger partial charge in [0.1, 0.15) is 22.9 Å². The van der Waals surface area contributed by atoms with Gasteiger partial charge in [0.2, 0.25) is 0 Å². The van der Waals surface area contributed by atoms with E-state index in [-0.39, 0.29) is 5.69 Å². The van der Waals surface area contributed by atoms with Crippen molar-refractivity contribution >= 4 is 17.6 Å². The zero-order valence-electron chi connectivity index (χ0n) is 13.0. The van der Waals surface area contributed by atoms with E-state index in [9.17, 15) is 10.1 Å². The Balaban J connectivity index is 2.43. The highest BCUT2D eigenvalue weighted by molar-refractivity contribution is 5.87. The quantitative estimate of drug-likeness (QED) is 0.463. The van der Waals surface area contributed by atoms with Gasteiger partial charge >= 0.3 is 0 Å². The third kappa shape index (κ3) is 3.76. The topological polar surface area (TPSA) is 83.2 Å². The Morgan fingerprint density at radius 2 is 1.70 bits per heavy atom. The number of rotatable bonds is 6. The second-order valence-corrected chi connectivity index (χ2v) is 4.48. The zero-order chi connectivity index (χ0) is 16.8. The van der Waals surface area contributed by atoms with Gasteiger partial charge in [0.05, 0.1) is 26.3 Å². The maximum absolute atomic E-state index is 10.9. The standard InChI is InChI=1S/C16H16N2O5/c1-21-13-5-7-15(22-2)11(8-13)10-17-14-9-12(18(19)20)4-6-16(14)23-3/h4-10H,1-3H3. The average Bonchev–Trinajstić information content (AvgIpc) is 2.59. The number of benzene rings is 2. The first-order valence-corrected chi connectivity index (χ1v) is 6.67. The van der Waals surface area contributed by atoms with Crippen LogP contribution in [0, 0.1) is 10.1 Å². The summed E-state index contributed by atoms with van der Waals surface area (Å²) in [5, 5.41) is 10.9. The van der Waals surface area contributed by atoms with Crippen LogP contribution in [0.1, 0.15) is 5.56 Å². The summed E-state index contributed by atoms with van der Waals surface area (Å²) in [6, 6.07) is 9.50. The molecule has 0 N–H and O–H groups in total. The number of methoxy groups -OCH3 is 3. The number of non-ortho nitro benzene ring substituents is 1. The summed E-state index contributed by atoms with van der Waals surface area (Å²) in [6.45, 7) is 0. The van der Waals surface area contributed by atoms with Crippen LogP contribution in [0.2, 0.25) is 0 Å². The predicted molar refractivity (Wildman–Crippen MR) is 86.4 cm³/mol. The van der Waals surface area contributed by atoms with Crippen LogP contribution < -0.4 is 14.2 Å². The van der Waals surface area contributed by atoms with E-state index in [2.05, 4.69) is 4.99 Å². The molecule has 0 atom stereocenters. The van der Waals surface area contributed by atoms with Crippen LogP contribution in [0.5, 0.6) is 17.2 Å². The zero-order valence-corrected chi connectivity index (χ0v) is 13.0. The number of nitro benzene ring substituents is 1. The Kier molecular flexibility index (Phi) is 5.14. The fourth-order valence-corrected chi connectivity index (χ4v) is 1.97. The molecule has 0 aliphatic carbocycles. The number of hydrogen-bond donors (Lipinski definition) is 0. The highest BCUT2D eigenvalue weighted by atomic mass is 16.6. The molecule has 7 nitrogen and oxygen atoms in total. The Labute approximate surface area is 133 Å². The summed E-state index contributed by atoms with van der Waals surface area (Å²) in [6.07, 6.45) is 1.54. The molecule has 0 aliphatic heterocycles. The van der Waals surface area contributed by atoms with E-state index >= 15 is 0 Å². The number of nitro groups is 1. The molecule has 0 bridgehead atoms. The Bertz CT molecular complexity index is 743. The first-order valence-electron chi connectivity index (χ1n) is 6.67. The second kappa shape index (κ2) is 7.26. The highest BCUT2D eigenvalue weighted by Crippen LogP contribution is 2.32. The molecular formula is C16H16N2O5. The molecule has 0 aliphatic rings. The summed E-state index contributed by atoms with van der Waals surface area (Å²) < 4.78 is 15.6. The molecule has 0 saturated carbocycles. The van der Waals surface area contributed by atoms with Gasteiger partial charge in [-0.25, -0.2) is 0 Å². The third-order valence-electron chi connectivity index (χ3n) is 3.15. The van der Waals surface area contributed by atoms with Crippen LogP contribution in [-0.2, 0) is 0 Å². The van der Waals surface area contributed by atoms with Gasteiger partial charge in [0.15, 0.2) is 0 Å². The normalized spacial score (nSPS) is 10.6. The molecular weight excluding hydrogens is 300 g/mol. The molecule has 0 fully saturated rings. The first kappa shape index (κ1) is 16.3. The van der Waals surface area contributed by atoms with E-state index in [1.807, 2.05) is 0 Å². The lowest BCUT2D eigenvalue weighted by atomic mass is 10.2. The van der Waals surface area contributed by atoms with Gasteiger partial charge < -0.3 is 14.2 Å². The summed E-state index contributed by atoms with van der Waals surface area (Å²) >= 11 is 0. The third-order valence-corrected chi connectivity index (χ3v) is 3.15. The highest BCUT2D eigenvalue weighted by Gasteiger charge is 2.11. The summed E-state index contributed by atoms with van der Waals surface area (Å²) in [4.78, 5) is 14.7. The van der Waals surface area contributed by atoms with Crippen molar-refractivity contribution < 1.29 is 19.1 Å². The van der Waals surface area contributed by atoms with Crippen molar-refractivity contribution in [2.45, 2.75) is 0 Å². The average molecular weight is 316 g/mol. The monoisotopic (exact) mass is 316 g/mol. The molecule has 0 radical (unpaired) electrons. The fraction of sp³-hybridized carbons (Fsp3) is 0.188. The van der Waals surface area contributed by atoms with Gasteiger partial charge in [-0.05, 0) is 24.3 Å². The van der Waals surface area contributed by atoms with Crippen LogP contribution in [0.25, 0.3) is 0 Å². The predicted octanol–water partition coefficient (Wildman–Crippen LogP) is 3.37. The van der Waals surface area contributed by atoms with Crippen molar-refractivity contribution in [2.24, 2.45) is 4.99 Å². The van der Waals surface area contributed by atoms with E-state index in [1.54, 1.807) is 38.6 Å². The number of hydrogen-bond acceptors (Lipinski definition) is 6. The molecule has 0 spiro atoms. The number of aliphatic imine (C=N–C) groups is 1. The molecule has 2 rings (SSSR count). The van der Waals surface area contributed by atoms with Gasteiger partial charge in [-0.15, -0.1) is 0 Å². The molecule has 0 amide bonds. The summed E-state index contributed by atoms with van der Waals surface area (Å²) in [5.74, 6) is 1.70. The Morgan fingerprint density at radius 3 is 2.30 bits per heavy atom. The molecule has 0 saturated heterocycles. The summed E-state index contributed by atoms with van der Waals surface area (Å²) in [5.41, 5.74) is 0.975. The maximum Gasteiger partial charge on any atom is 0.271 e. The van der Waals surface area contributed by atoms with E-state index in [1.165, 1.54) is 25.3 Å². The van der Waals surface area contributed by atoms with Crippen LogP contribution in [0.3, 0.4) is 0 Å². The second-order valence-electron chi connectivity index (χ2n) is 4.48. The van der Waals surface area contributed by atoms with Crippen LogP contribution in [-0.4, -0.2) is 32.5 Å². The SMILES string of the molecule is COc1ccc(OC)c(C=Nc2cc([N+](=O)[O-])ccc2OC)c1. The first-order chi connectivity index (χ1) is 11.1. The van der Waals surface area contributed by atoms with Gasteiger partial charge in [-0.1, -0.05) is 0 Å². The van der Waals surface area contributed by atoms with E-state index in [4.69, 9.17) is 14.2 Å². The van der Waals surface area contributed by atoms with Gasteiger partial charge in [-0.2, -0.15) is 0 Å². The Hall–Kier alpha value is -3.09. The van der Waals surface area contributed by atoms with Crippen molar-refractivity contribution in [1.82, 2.24) is 0 Å². The smallest absolute Gasteiger partial charge is 0.271 e. The van der Waals surface area contributed by atoms with E-state index in [0.717, 1.165) is 0 Å². The molecule has 120 valence electrons. The van der Waals surface area contributed by atoms with Crippen molar-refractivity contribution in [3.63, 3.8) is 0 Å². The molecule has 23 heavy (non-hydrogen) atoms. The largest absolute Gasteiger partial charge is 0.497 e. The van der Waals surface area contributed by atoms with Crippen LogP contribution in [0.4, 0.5) is 11.4 Å². The van der Waals surface area contributed by atoms with Gasteiger partial charge in [0.25, 0.3) is 5.69 Å². The Morgan fingerprint density at radius 1 is 1.00 bits per heavy atom. The minimum atomic E-state index is -0.482. The van der Waals surface area contributed by atoms with Crippen LogP contribution >= 0.6 is 0 Å². The summed E-state index contributed by atoms with van der Waals surface area (Å²) in [7, 11) is 4.59. The van der Waals surface area contributed by atoms with Crippen molar-refractivity contribution in [2.75, 3.05) is 21.3 Å². The van der Waals surface area contributed by atoms with Crippen LogP contribution in [0.15, 0.2) is 41.4 Å². The minimum Gasteiger partial charge on any atom is -0.497 e. The lowest BCUT2D eigenvalue weighted by molar-refractivity contribution is -0.384. The van der Waals surface area contributed by atoms with Crippen molar-refractivity contribution in [3.8, 4) is 17.2 Å². The fourth-order valence-electron chi connectivity index (χ4n) is 1.97. The van der Waals surface area contributed by atoms with Crippen molar-refractivity contribution in [1.29, 1.82) is 0 Å². The molecule has 2 aromatic carbocycles. The van der Waals surface area contributed by atoms with Gasteiger partial charge in [0, 0.05) is 23.9 Å². The molecule has 0 heterocycles. The maximum atomic E-state index is 10.9. The lowest BCUT2D eigenvalue weighted by Gasteiger charge is -2.07. The molecule has 7 heteroatoms. The molecule has 0 unspecified atom stereocenters. The molecule has 2 aromatic rings. The lowest BCUT2D eigenvalue weighted by Crippen LogP contribution is -1.93. The molecule has 0 aromatic heterocycles. The van der Waals surface area contributed by atoms with E-state index < -0.39 is 4.92 Å². The van der Waals surface area contributed by atoms with Crippen molar-refractivity contribution in [3.05, 3.63) is 52.1 Å². The minimum absolute atomic E-state index is 0.0597.